The first kappa shape index (κ1) is 30.9. The summed E-state index contributed by atoms with van der Waals surface area (Å²) in [6, 6.07) is 5.92. The van der Waals surface area contributed by atoms with Crippen molar-refractivity contribution in [3.8, 4) is 22.1 Å². The number of nitrogens with zero attached hydrogens (tertiary/aromatic N) is 2. The highest BCUT2D eigenvalue weighted by atomic mass is 32.1. The highest BCUT2D eigenvalue weighted by Gasteiger charge is 2.38. The molecule has 9 nitrogen and oxygen atoms in total. The Balaban J connectivity index is 0.000000383. The molecule has 2 aromatic rings. The van der Waals surface area contributed by atoms with Gasteiger partial charge in [-0.3, -0.25) is 4.90 Å². The summed E-state index contributed by atoms with van der Waals surface area (Å²) in [6.45, 7) is 5.22. The van der Waals surface area contributed by atoms with Crippen molar-refractivity contribution in [1.29, 1.82) is 0 Å². The van der Waals surface area contributed by atoms with Crippen molar-refractivity contribution >= 4 is 23.3 Å². The van der Waals surface area contributed by atoms with Gasteiger partial charge in [-0.1, -0.05) is 0 Å². The van der Waals surface area contributed by atoms with E-state index in [1.54, 1.807) is 25.6 Å². The van der Waals surface area contributed by atoms with Crippen molar-refractivity contribution < 1.29 is 55.6 Å². The minimum absolute atomic E-state index is 0.735. The van der Waals surface area contributed by atoms with Crippen LogP contribution in [0.1, 0.15) is 5.69 Å². The van der Waals surface area contributed by atoms with Gasteiger partial charge in [-0.2, -0.15) is 26.3 Å². The van der Waals surface area contributed by atoms with Crippen molar-refractivity contribution in [2.75, 3.05) is 40.4 Å². The normalized spacial score (nSPS) is 14.0. The van der Waals surface area contributed by atoms with Gasteiger partial charge in [-0.25, -0.2) is 14.6 Å². The number of hydrogen-bond acceptors (Lipinski definition) is 8. The van der Waals surface area contributed by atoms with Crippen molar-refractivity contribution in [3.05, 3.63) is 29.3 Å². The Hall–Kier alpha value is -3.11. The second-order valence-corrected chi connectivity index (χ2v) is 7.70. The molecule has 1 aromatic carbocycles. The molecule has 1 saturated heterocycles. The molecule has 0 saturated carbocycles. The molecule has 3 N–H and O–H groups in total. The van der Waals surface area contributed by atoms with Gasteiger partial charge in [0.25, 0.3) is 0 Å². The van der Waals surface area contributed by atoms with Gasteiger partial charge in [0, 0.05) is 43.7 Å². The number of carboxylic acid groups (broad SMARTS) is 2. The number of thiazole rings is 1. The average Bonchev–Trinajstić information content (AvgIpc) is 3.27. The van der Waals surface area contributed by atoms with E-state index in [2.05, 4.69) is 15.6 Å². The van der Waals surface area contributed by atoms with E-state index in [0.29, 0.717) is 0 Å². The summed E-state index contributed by atoms with van der Waals surface area (Å²) < 4.78 is 74.1. The Morgan fingerprint density at radius 2 is 1.50 bits per heavy atom. The zero-order valence-electron chi connectivity index (χ0n) is 18.9. The molecule has 36 heavy (non-hydrogen) atoms. The van der Waals surface area contributed by atoms with Gasteiger partial charge in [0.05, 0.1) is 19.9 Å². The van der Waals surface area contributed by atoms with Gasteiger partial charge in [0.2, 0.25) is 0 Å². The highest BCUT2D eigenvalue weighted by molar-refractivity contribution is 7.13. The van der Waals surface area contributed by atoms with Crippen LogP contribution in [0.4, 0.5) is 26.3 Å². The van der Waals surface area contributed by atoms with Crippen LogP contribution in [-0.2, 0) is 16.1 Å². The molecule has 202 valence electrons. The number of nitrogens with one attached hydrogen (secondary N) is 1. The molecule has 3 rings (SSSR count). The molecular formula is C20H23F6N3O6S. The fourth-order valence-electron chi connectivity index (χ4n) is 2.58. The number of benzene rings is 1. The number of rotatable bonds is 5. The molecule has 0 radical (unpaired) electrons. The smallest absolute Gasteiger partial charge is 0.490 e. The standard InChI is InChI=1S/C16H21N3O2S.2C2HF3O2/c1-20-14-4-3-12(9-15(14)21-2)16-18-13(11-22-16)10-19-7-5-17-6-8-19;2*3-2(4,5)1(6)7/h3-4,9,11,17H,5-8,10H2,1-2H3;2*(H,6,7). The molecule has 0 amide bonds. The predicted octanol–water partition coefficient (Wildman–Crippen LogP) is 3.50. The first-order valence-corrected chi connectivity index (χ1v) is 10.8. The molecular weight excluding hydrogens is 524 g/mol. The van der Waals surface area contributed by atoms with Gasteiger partial charge in [-0.05, 0) is 18.2 Å². The number of carboxylic acids is 2. The maximum atomic E-state index is 10.6. The summed E-state index contributed by atoms with van der Waals surface area (Å²) in [6.07, 6.45) is -10.2. The third-order valence-corrected chi connectivity index (χ3v) is 5.20. The van der Waals surface area contributed by atoms with Crippen LogP contribution in [0.5, 0.6) is 11.5 Å². The molecule has 0 spiro atoms. The second kappa shape index (κ2) is 13.8. The molecule has 1 aromatic heterocycles. The number of methoxy groups -OCH3 is 2. The molecule has 0 atom stereocenters. The lowest BCUT2D eigenvalue weighted by molar-refractivity contribution is -0.193. The average molecular weight is 547 g/mol. The van der Waals surface area contributed by atoms with Crippen LogP contribution >= 0.6 is 11.3 Å². The molecule has 0 unspecified atom stereocenters. The predicted molar refractivity (Wildman–Crippen MR) is 116 cm³/mol. The molecule has 2 heterocycles. The highest BCUT2D eigenvalue weighted by Crippen LogP contribution is 2.33. The zero-order valence-corrected chi connectivity index (χ0v) is 19.8. The van der Waals surface area contributed by atoms with Gasteiger partial charge < -0.3 is 25.0 Å². The van der Waals surface area contributed by atoms with Crippen LogP contribution < -0.4 is 14.8 Å². The van der Waals surface area contributed by atoms with Crippen molar-refractivity contribution in [1.82, 2.24) is 15.2 Å². The first-order chi connectivity index (χ1) is 16.7. The van der Waals surface area contributed by atoms with E-state index in [1.807, 2.05) is 18.2 Å². The van der Waals surface area contributed by atoms with Gasteiger partial charge in [0.15, 0.2) is 11.5 Å². The molecule has 0 aliphatic carbocycles. The maximum Gasteiger partial charge on any atom is 0.490 e. The summed E-state index contributed by atoms with van der Waals surface area (Å²) in [5.74, 6) is -4.04. The van der Waals surface area contributed by atoms with Crippen LogP contribution in [0.25, 0.3) is 10.6 Å². The van der Waals surface area contributed by atoms with Crippen LogP contribution in [0.3, 0.4) is 0 Å². The lowest BCUT2D eigenvalue weighted by atomic mass is 10.2. The van der Waals surface area contributed by atoms with E-state index in [4.69, 9.17) is 34.3 Å². The van der Waals surface area contributed by atoms with E-state index in [1.165, 1.54) is 0 Å². The number of hydrogen-bond donors (Lipinski definition) is 3. The summed E-state index contributed by atoms with van der Waals surface area (Å²) in [7, 11) is 3.30. The number of aliphatic carboxylic acids is 2. The Kier molecular flexibility index (Phi) is 11.9. The number of halogens is 6. The summed E-state index contributed by atoms with van der Waals surface area (Å²) in [5, 5.41) is 20.8. The SMILES string of the molecule is COc1ccc(-c2nc(CN3CCNCC3)cs2)cc1OC.O=C(O)C(F)(F)F.O=C(O)C(F)(F)F. The summed E-state index contributed by atoms with van der Waals surface area (Å²) >= 11 is 1.67. The van der Waals surface area contributed by atoms with Gasteiger partial charge in [0.1, 0.15) is 5.01 Å². The van der Waals surface area contributed by atoms with E-state index in [0.717, 1.165) is 60.5 Å². The van der Waals surface area contributed by atoms with Crippen LogP contribution in [-0.4, -0.2) is 84.8 Å². The van der Waals surface area contributed by atoms with E-state index in [9.17, 15) is 26.3 Å². The molecule has 1 aliphatic heterocycles. The number of ether oxygens (including phenoxy) is 2. The minimum atomic E-state index is -5.08. The zero-order chi connectivity index (χ0) is 27.5. The number of piperazine rings is 1. The lowest BCUT2D eigenvalue weighted by Crippen LogP contribution is -2.42. The number of carbonyl (C=O) groups is 2. The third kappa shape index (κ3) is 10.7. The topological polar surface area (TPSA) is 121 Å². The Labute approximate surface area is 205 Å². The fraction of sp³-hybridized carbons (Fsp3) is 0.450. The Bertz CT molecular complexity index is 969. The molecule has 16 heteroatoms. The molecule has 0 bridgehead atoms. The monoisotopic (exact) mass is 547 g/mol. The van der Waals surface area contributed by atoms with Crippen molar-refractivity contribution in [2.24, 2.45) is 0 Å². The number of alkyl halides is 6. The van der Waals surface area contributed by atoms with Crippen molar-refractivity contribution in [2.45, 2.75) is 18.9 Å². The van der Waals surface area contributed by atoms with Crippen molar-refractivity contribution in [3.63, 3.8) is 0 Å². The molecule has 1 aliphatic rings. The summed E-state index contributed by atoms with van der Waals surface area (Å²) in [4.78, 5) is 25.0. The molecule has 1 fully saturated rings. The lowest BCUT2D eigenvalue weighted by Gasteiger charge is -2.26. The van der Waals surface area contributed by atoms with Gasteiger partial charge >= 0.3 is 24.3 Å². The van der Waals surface area contributed by atoms with E-state index in [-0.39, 0.29) is 0 Å². The van der Waals surface area contributed by atoms with E-state index >= 15 is 0 Å². The Morgan fingerprint density at radius 3 is 1.94 bits per heavy atom. The number of aromatic nitrogens is 1. The van der Waals surface area contributed by atoms with Gasteiger partial charge in [-0.15, -0.1) is 11.3 Å². The minimum Gasteiger partial charge on any atom is -0.493 e. The first-order valence-electron chi connectivity index (χ1n) is 9.89. The third-order valence-electron chi connectivity index (χ3n) is 4.26. The quantitative estimate of drug-likeness (QED) is 0.483. The largest absolute Gasteiger partial charge is 0.493 e. The fourth-order valence-corrected chi connectivity index (χ4v) is 3.39. The second-order valence-electron chi connectivity index (χ2n) is 6.85. The maximum absolute atomic E-state index is 10.6. The van der Waals surface area contributed by atoms with Crippen LogP contribution in [0, 0.1) is 0 Å². The van der Waals surface area contributed by atoms with Crippen LogP contribution in [0.2, 0.25) is 0 Å². The summed E-state index contributed by atoms with van der Waals surface area (Å²) in [5.41, 5.74) is 2.20. The Morgan fingerprint density at radius 1 is 1.00 bits per heavy atom. The van der Waals surface area contributed by atoms with E-state index < -0.39 is 24.3 Å². The van der Waals surface area contributed by atoms with Crippen LogP contribution in [0.15, 0.2) is 23.6 Å².